The van der Waals surface area contributed by atoms with Crippen LogP contribution in [0.3, 0.4) is 0 Å². The minimum atomic E-state index is -0.895. The molecule has 1 fully saturated rings. The van der Waals surface area contributed by atoms with Gasteiger partial charge in [0.1, 0.15) is 11.5 Å². The van der Waals surface area contributed by atoms with Gasteiger partial charge in [-0.2, -0.15) is 0 Å². The molecule has 0 bridgehead atoms. The summed E-state index contributed by atoms with van der Waals surface area (Å²) in [6.07, 6.45) is 0. The van der Waals surface area contributed by atoms with Crippen LogP contribution in [0.25, 0.3) is 5.76 Å². The molecule has 2 N–H and O–H groups in total. The predicted molar refractivity (Wildman–Crippen MR) is 118 cm³/mol. The third kappa shape index (κ3) is 5.18. The van der Waals surface area contributed by atoms with Gasteiger partial charge in [0.15, 0.2) is 0 Å². The zero-order chi connectivity index (χ0) is 24.0. The van der Waals surface area contributed by atoms with Crippen LogP contribution in [-0.2, 0) is 14.3 Å². The van der Waals surface area contributed by atoms with E-state index < -0.39 is 28.4 Å². The van der Waals surface area contributed by atoms with Gasteiger partial charge in [-0.1, -0.05) is 12.1 Å². The molecule has 174 valence electrons. The lowest BCUT2D eigenvalue weighted by atomic mass is 9.95. The number of carbonyl (C=O) groups is 2. The normalized spacial score (nSPS) is 17.4. The fourth-order valence-electron chi connectivity index (χ4n) is 3.60. The largest absolute Gasteiger partial charge is 0.507 e. The van der Waals surface area contributed by atoms with Gasteiger partial charge >= 0.3 is 0 Å². The van der Waals surface area contributed by atoms with Gasteiger partial charge in [-0.05, 0) is 36.8 Å². The van der Waals surface area contributed by atoms with Gasteiger partial charge in [0.25, 0.3) is 17.4 Å². The second kappa shape index (κ2) is 10.7. The maximum atomic E-state index is 12.9. The molecule has 1 aliphatic rings. The second-order valence-corrected chi connectivity index (χ2v) is 7.13. The molecule has 1 amide bonds. The Morgan fingerprint density at radius 2 is 1.76 bits per heavy atom. The number of ketones is 1. The van der Waals surface area contributed by atoms with Crippen LogP contribution >= 0.6 is 0 Å². The number of benzene rings is 2. The van der Waals surface area contributed by atoms with Crippen molar-refractivity contribution in [2.75, 3.05) is 33.0 Å². The maximum absolute atomic E-state index is 12.9. The van der Waals surface area contributed by atoms with Crippen LogP contribution < -0.4 is 4.74 Å². The van der Waals surface area contributed by atoms with Gasteiger partial charge in [-0.15, -0.1) is 0 Å². The predicted octanol–water partition coefficient (Wildman–Crippen LogP) is 2.42. The number of amides is 1. The van der Waals surface area contributed by atoms with Gasteiger partial charge < -0.3 is 24.6 Å². The first-order valence-electron chi connectivity index (χ1n) is 10.3. The van der Waals surface area contributed by atoms with Crippen molar-refractivity contribution >= 4 is 23.1 Å². The van der Waals surface area contributed by atoms with Gasteiger partial charge in [-0.3, -0.25) is 19.7 Å². The zero-order valence-corrected chi connectivity index (χ0v) is 18.0. The molecular weight excluding hydrogens is 432 g/mol. The maximum Gasteiger partial charge on any atom is 0.295 e. The van der Waals surface area contributed by atoms with E-state index in [9.17, 15) is 24.8 Å². The summed E-state index contributed by atoms with van der Waals surface area (Å²) in [5.41, 5.74) is 0.450. The molecule has 0 spiro atoms. The van der Waals surface area contributed by atoms with Crippen molar-refractivity contribution in [1.29, 1.82) is 0 Å². The van der Waals surface area contributed by atoms with Crippen molar-refractivity contribution in [2.45, 2.75) is 13.0 Å². The molecule has 10 nitrogen and oxygen atoms in total. The van der Waals surface area contributed by atoms with E-state index >= 15 is 0 Å². The van der Waals surface area contributed by atoms with Crippen molar-refractivity contribution in [2.24, 2.45) is 0 Å². The lowest BCUT2D eigenvalue weighted by molar-refractivity contribution is -0.384. The Kier molecular flexibility index (Phi) is 7.75. The number of Topliss-reactive ketones (excluding diaryl/α,β-unsaturated/α-hetero) is 1. The number of aliphatic hydroxyl groups is 2. The molecule has 1 aliphatic heterocycles. The number of likely N-dealkylation sites (tertiary alicyclic amines) is 1. The smallest absolute Gasteiger partial charge is 0.295 e. The number of hydrogen-bond acceptors (Lipinski definition) is 8. The molecule has 0 saturated carbocycles. The van der Waals surface area contributed by atoms with Crippen molar-refractivity contribution in [3.8, 4) is 5.75 Å². The Balaban J connectivity index is 2.04. The van der Waals surface area contributed by atoms with Crippen LogP contribution in [0.4, 0.5) is 5.69 Å². The van der Waals surface area contributed by atoms with E-state index in [-0.39, 0.29) is 43.2 Å². The highest BCUT2D eigenvalue weighted by Gasteiger charge is 2.45. The number of nitro groups is 1. The summed E-state index contributed by atoms with van der Waals surface area (Å²) in [5, 5.41) is 30.8. The van der Waals surface area contributed by atoms with E-state index in [1.165, 1.54) is 29.2 Å². The molecule has 1 saturated heterocycles. The molecular formula is C23H24N2O8. The summed E-state index contributed by atoms with van der Waals surface area (Å²) in [7, 11) is 0. The van der Waals surface area contributed by atoms with Gasteiger partial charge in [0.05, 0.1) is 43.0 Å². The molecule has 2 aromatic carbocycles. The van der Waals surface area contributed by atoms with Crippen molar-refractivity contribution in [3.05, 3.63) is 75.3 Å². The lowest BCUT2D eigenvalue weighted by Crippen LogP contribution is -2.33. The second-order valence-electron chi connectivity index (χ2n) is 7.13. The third-order valence-electron chi connectivity index (χ3n) is 5.11. The van der Waals surface area contributed by atoms with Crippen molar-refractivity contribution in [3.63, 3.8) is 0 Å². The first-order valence-corrected chi connectivity index (χ1v) is 10.3. The van der Waals surface area contributed by atoms with E-state index in [1.54, 1.807) is 24.3 Å². The highest BCUT2D eigenvalue weighted by molar-refractivity contribution is 6.46. The Morgan fingerprint density at radius 1 is 1.09 bits per heavy atom. The number of carbonyl (C=O) groups excluding carboxylic acids is 2. The Hall–Kier alpha value is -3.76. The van der Waals surface area contributed by atoms with Crippen LogP contribution in [-0.4, -0.2) is 64.7 Å². The van der Waals surface area contributed by atoms with E-state index in [0.29, 0.717) is 17.9 Å². The lowest BCUT2D eigenvalue weighted by Gasteiger charge is -2.25. The number of non-ortho nitro benzene ring substituents is 1. The zero-order valence-electron chi connectivity index (χ0n) is 18.0. The highest BCUT2D eigenvalue weighted by Crippen LogP contribution is 2.39. The monoisotopic (exact) mass is 456 g/mol. The van der Waals surface area contributed by atoms with E-state index in [1.807, 2.05) is 6.92 Å². The number of rotatable bonds is 10. The summed E-state index contributed by atoms with van der Waals surface area (Å²) >= 11 is 0. The fourth-order valence-corrected chi connectivity index (χ4v) is 3.60. The SMILES string of the molecule is CCOc1ccc(C2/C(=C(\O)c3ccc([N+](=O)[O-])cc3)C(=O)C(=O)N2CCOCCO)cc1. The summed E-state index contributed by atoms with van der Waals surface area (Å²) in [6.45, 7) is 2.36. The average Bonchev–Trinajstić information content (AvgIpc) is 3.07. The minimum Gasteiger partial charge on any atom is -0.507 e. The number of nitrogens with zero attached hydrogens (tertiary/aromatic N) is 2. The Labute approximate surface area is 189 Å². The van der Waals surface area contributed by atoms with E-state index in [0.717, 1.165) is 0 Å². The Morgan fingerprint density at radius 3 is 2.33 bits per heavy atom. The molecule has 0 radical (unpaired) electrons. The Bertz CT molecular complexity index is 1050. The molecule has 2 aromatic rings. The molecule has 0 aromatic heterocycles. The van der Waals surface area contributed by atoms with Crippen LogP contribution in [0.5, 0.6) is 5.75 Å². The van der Waals surface area contributed by atoms with Crippen molar-refractivity contribution in [1.82, 2.24) is 4.90 Å². The summed E-state index contributed by atoms with van der Waals surface area (Å²) < 4.78 is 10.7. The van der Waals surface area contributed by atoms with Gasteiger partial charge in [0.2, 0.25) is 0 Å². The minimum absolute atomic E-state index is 0.0551. The standard InChI is InChI=1S/C23H24N2O8/c1-2-33-18-9-5-15(6-10-18)20-19(21(27)16-3-7-17(8-4-16)25(30)31)22(28)23(29)24(20)11-13-32-14-12-26/h3-10,20,26-27H,2,11-14H2,1H3/b21-19+. The van der Waals surface area contributed by atoms with E-state index in [2.05, 4.69) is 0 Å². The number of aliphatic hydroxyl groups excluding tert-OH is 2. The molecule has 1 unspecified atom stereocenters. The average molecular weight is 456 g/mol. The molecule has 10 heteroatoms. The van der Waals surface area contributed by atoms with Crippen LogP contribution in [0.15, 0.2) is 54.1 Å². The molecule has 1 atom stereocenters. The number of nitro benzene ring substituents is 1. The number of ether oxygens (including phenoxy) is 2. The third-order valence-corrected chi connectivity index (χ3v) is 5.11. The molecule has 3 rings (SSSR count). The quantitative estimate of drug-likeness (QED) is 0.139. The summed E-state index contributed by atoms with van der Waals surface area (Å²) in [4.78, 5) is 37.4. The van der Waals surface area contributed by atoms with Crippen LogP contribution in [0.1, 0.15) is 24.1 Å². The topological polar surface area (TPSA) is 139 Å². The molecule has 1 heterocycles. The molecule has 0 aliphatic carbocycles. The van der Waals surface area contributed by atoms with Crippen LogP contribution in [0.2, 0.25) is 0 Å². The van der Waals surface area contributed by atoms with Crippen molar-refractivity contribution < 1.29 is 34.2 Å². The summed E-state index contributed by atoms with van der Waals surface area (Å²) in [5.74, 6) is -1.49. The number of hydrogen-bond donors (Lipinski definition) is 2. The first-order chi connectivity index (χ1) is 15.9. The highest BCUT2D eigenvalue weighted by atomic mass is 16.6. The van der Waals surface area contributed by atoms with E-state index in [4.69, 9.17) is 14.6 Å². The summed E-state index contributed by atoms with van der Waals surface area (Å²) in [6, 6.07) is 11.0. The fraction of sp³-hybridized carbons (Fsp3) is 0.304. The first kappa shape index (κ1) is 23.9. The van der Waals surface area contributed by atoms with Gasteiger partial charge in [-0.25, -0.2) is 0 Å². The van der Waals surface area contributed by atoms with Crippen LogP contribution in [0, 0.1) is 10.1 Å². The van der Waals surface area contributed by atoms with Gasteiger partial charge in [0, 0.05) is 24.2 Å². The molecule has 33 heavy (non-hydrogen) atoms.